The molecule has 7 nitrogen and oxygen atoms in total. The summed E-state index contributed by atoms with van der Waals surface area (Å²) in [5, 5.41) is 2.88. The molecule has 0 aliphatic carbocycles. The van der Waals surface area contributed by atoms with E-state index in [0.717, 1.165) is 31.2 Å². The summed E-state index contributed by atoms with van der Waals surface area (Å²) in [5.74, 6) is 0.803. The molecule has 1 saturated heterocycles. The molecule has 0 aromatic heterocycles. The van der Waals surface area contributed by atoms with E-state index in [-0.39, 0.29) is 23.2 Å². The molecule has 31 heavy (non-hydrogen) atoms. The number of rotatable bonds is 5. The van der Waals surface area contributed by atoms with Crippen molar-refractivity contribution in [2.24, 2.45) is 10.3 Å². The van der Waals surface area contributed by atoms with Gasteiger partial charge in [0.05, 0.1) is 6.54 Å². The number of fused-ring (bicyclic) bond motifs is 1. The zero-order valence-corrected chi connectivity index (χ0v) is 18.7. The molecular weight excluding hydrogens is 412 g/mol. The number of sulfonamides is 1. The molecule has 8 heteroatoms. The van der Waals surface area contributed by atoms with Crippen molar-refractivity contribution in [1.29, 1.82) is 0 Å². The molecule has 2 aliphatic heterocycles. The van der Waals surface area contributed by atoms with Crippen LogP contribution in [0.1, 0.15) is 30.9 Å². The minimum atomic E-state index is -3.70. The lowest BCUT2D eigenvalue weighted by atomic mass is 10.00. The topological polar surface area (TPSA) is 82.1 Å². The monoisotopic (exact) mass is 440 g/mol. The predicted octanol–water partition coefficient (Wildman–Crippen LogP) is 2.94. The summed E-state index contributed by atoms with van der Waals surface area (Å²) in [5.41, 5.74) is 2.47. The van der Waals surface area contributed by atoms with Gasteiger partial charge < -0.3 is 10.2 Å². The van der Waals surface area contributed by atoms with E-state index in [9.17, 15) is 13.2 Å². The van der Waals surface area contributed by atoms with Crippen molar-refractivity contribution in [3.63, 3.8) is 0 Å². The summed E-state index contributed by atoms with van der Waals surface area (Å²) in [6.45, 7) is 5.49. The van der Waals surface area contributed by atoms with E-state index in [1.165, 1.54) is 24.5 Å². The van der Waals surface area contributed by atoms with Gasteiger partial charge in [-0.2, -0.15) is 8.42 Å². The number of piperidine rings is 1. The molecule has 1 amide bonds. The molecule has 2 aromatic carbocycles. The Morgan fingerprint density at radius 1 is 1.19 bits per heavy atom. The molecule has 0 spiro atoms. The number of anilines is 1. The van der Waals surface area contributed by atoms with Crippen molar-refractivity contribution in [2.75, 3.05) is 32.0 Å². The summed E-state index contributed by atoms with van der Waals surface area (Å²) in [4.78, 5) is 16.7. The van der Waals surface area contributed by atoms with E-state index in [1.54, 1.807) is 30.1 Å². The largest absolute Gasteiger partial charge is 0.349 e. The average Bonchev–Trinajstić information content (AvgIpc) is 3.01. The number of likely N-dealkylation sites (N-methyl/N-ethyl adjacent to an activating group) is 1. The van der Waals surface area contributed by atoms with Crippen LogP contribution in [0, 0.1) is 5.92 Å². The maximum absolute atomic E-state index is 12.5. The van der Waals surface area contributed by atoms with Crippen molar-refractivity contribution < 1.29 is 13.2 Å². The lowest BCUT2D eigenvalue weighted by Gasteiger charge is -2.30. The highest BCUT2D eigenvalue weighted by atomic mass is 32.2. The third kappa shape index (κ3) is 4.97. The highest BCUT2D eigenvalue weighted by Crippen LogP contribution is 2.27. The Morgan fingerprint density at radius 3 is 2.68 bits per heavy atom. The second-order valence-electron chi connectivity index (χ2n) is 8.47. The molecule has 2 aromatic rings. The molecule has 0 saturated carbocycles. The van der Waals surface area contributed by atoms with Crippen LogP contribution in [0.3, 0.4) is 0 Å². The Kier molecular flexibility index (Phi) is 6.11. The number of hydrogen-bond acceptors (Lipinski definition) is 5. The molecule has 4 rings (SSSR count). The lowest BCUT2D eigenvalue weighted by molar-refractivity contribution is -0.116. The van der Waals surface area contributed by atoms with E-state index in [1.807, 2.05) is 24.3 Å². The smallest absolute Gasteiger partial charge is 0.285 e. The highest BCUT2D eigenvalue weighted by molar-refractivity contribution is 7.90. The molecule has 0 bridgehead atoms. The summed E-state index contributed by atoms with van der Waals surface area (Å²) < 4.78 is 28.3. The van der Waals surface area contributed by atoms with Crippen LogP contribution < -0.4 is 5.32 Å². The number of amidine groups is 1. The van der Waals surface area contributed by atoms with Gasteiger partial charge in [0, 0.05) is 31.4 Å². The molecule has 0 radical (unpaired) electrons. The fraction of sp³-hybridized carbons (Fsp3) is 0.391. The number of carbonyl (C=O) groups excluding carboxylic acids is 1. The maximum atomic E-state index is 12.5. The Balaban J connectivity index is 1.35. The van der Waals surface area contributed by atoms with Crippen LogP contribution >= 0.6 is 0 Å². The minimum absolute atomic E-state index is 0.00386. The van der Waals surface area contributed by atoms with Gasteiger partial charge in [0.25, 0.3) is 10.0 Å². The number of likely N-dealkylation sites (tertiary alicyclic amines) is 1. The van der Waals surface area contributed by atoms with Crippen LogP contribution in [-0.4, -0.2) is 56.6 Å². The third-order valence-electron chi connectivity index (χ3n) is 5.74. The Morgan fingerprint density at radius 2 is 1.94 bits per heavy atom. The van der Waals surface area contributed by atoms with Crippen LogP contribution in [0.5, 0.6) is 0 Å². The zero-order chi connectivity index (χ0) is 22.0. The van der Waals surface area contributed by atoms with Crippen molar-refractivity contribution >= 4 is 27.5 Å². The second-order valence-corrected chi connectivity index (χ2v) is 10.0. The molecule has 1 atom stereocenters. The Bertz CT molecular complexity index is 1100. The van der Waals surface area contributed by atoms with Gasteiger partial charge in [0.2, 0.25) is 5.91 Å². The summed E-state index contributed by atoms with van der Waals surface area (Å²) >= 11 is 0. The maximum Gasteiger partial charge on any atom is 0.285 e. The number of nitrogens with one attached hydrogen (secondary N) is 1. The number of amides is 1. The summed E-state index contributed by atoms with van der Waals surface area (Å²) in [6.07, 6.45) is 2.56. The van der Waals surface area contributed by atoms with Crippen LogP contribution in [0.15, 0.2) is 57.8 Å². The fourth-order valence-corrected chi connectivity index (χ4v) is 5.49. The predicted molar refractivity (Wildman–Crippen MR) is 122 cm³/mol. The van der Waals surface area contributed by atoms with Gasteiger partial charge in [-0.15, -0.1) is 4.40 Å². The number of hydrogen-bond donors (Lipinski definition) is 1. The van der Waals surface area contributed by atoms with E-state index in [0.29, 0.717) is 5.56 Å². The normalized spacial score (nSPS) is 20.1. The first-order valence-corrected chi connectivity index (χ1v) is 12.0. The van der Waals surface area contributed by atoms with Gasteiger partial charge in [0.15, 0.2) is 5.84 Å². The third-order valence-corrected chi connectivity index (χ3v) is 7.06. The number of carbonyl (C=O) groups is 1. The Hall–Kier alpha value is -2.71. The average molecular weight is 441 g/mol. The molecule has 1 fully saturated rings. The minimum Gasteiger partial charge on any atom is -0.349 e. The van der Waals surface area contributed by atoms with Crippen LogP contribution in [-0.2, 0) is 21.4 Å². The van der Waals surface area contributed by atoms with Gasteiger partial charge in [-0.05, 0) is 55.1 Å². The van der Waals surface area contributed by atoms with E-state index >= 15 is 0 Å². The second kappa shape index (κ2) is 8.80. The van der Waals surface area contributed by atoms with Crippen molar-refractivity contribution in [3.05, 3.63) is 59.7 Å². The van der Waals surface area contributed by atoms with Gasteiger partial charge in [-0.25, -0.2) is 0 Å². The van der Waals surface area contributed by atoms with Crippen LogP contribution in [0.2, 0.25) is 0 Å². The first-order chi connectivity index (χ1) is 14.8. The lowest BCUT2D eigenvalue weighted by Crippen LogP contribution is -2.35. The van der Waals surface area contributed by atoms with Gasteiger partial charge in [-0.3, -0.25) is 9.69 Å². The first kappa shape index (κ1) is 21.5. The molecule has 1 N–H and O–H groups in total. The van der Waals surface area contributed by atoms with Gasteiger partial charge >= 0.3 is 0 Å². The van der Waals surface area contributed by atoms with Crippen molar-refractivity contribution in [2.45, 2.75) is 31.2 Å². The van der Waals surface area contributed by atoms with E-state index in [2.05, 4.69) is 21.5 Å². The van der Waals surface area contributed by atoms with E-state index in [4.69, 9.17) is 0 Å². The van der Waals surface area contributed by atoms with E-state index < -0.39 is 10.0 Å². The highest BCUT2D eigenvalue weighted by Gasteiger charge is 2.30. The Labute approximate surface area is 183 Å². The summed E-state index contributed by atoms with van der Waals surface area (Å²) in [7, 11) is -2.04. The quantitative estimate of drug-likeness (QED) is 0.773. The van der Waals surface area contributed by atoms with Crippen LogP contribution in [0.25, 0.3) is 0 Å². The van der Waals surface area contributed by atoms with Crippen molar-refractivity contribution in [3.8, 4) is 0 Å². The fourth-order valence-electron chi connectivity index (χ4n) is 4.24. The number of benzene rings is 2. The molecule has 2 aliphatic rings. The van der Waals surface area contributed by atoms with Crippen molar-refractivity contribution in [1.82, 2.24) is 9.80 Å². The van der Waals surface area contributed by atoms with Crippen LogP contribution in [0.4, 0.5) is 5.69 Å². The summed E-state index contributed by atoms with van der Waals surface area (Å²) in [6, 6.07) is 14.6. The molecule has 2 heterocycles. The van der Waals surface area contributed by atoms with Gasteiger partial charge in [0.1, 0.15) is 4.90 Å². The standard InChI is InChI=1S/C23H28N4O3S/c1-17-6-5-13-27(14-17)15-18-9-11-19(12-10-18)24-22(28)16-26(2)23-20-7-3-4-8-21(20)31(29,30)25-23/h3-4,7-12,17H,5-6,13-16H2,1-2H3,(H,24,28). The molecular formula is C23H28N4O3S. The zero-order valence-electron chi connectivity index (χ0n) is 17.9. The molecule has 1 unspecified atom stereocenters. The molecule has 164 valence electrons. The first-order valence-electron chi connectivity index (χ1n) is 10.6. The SMILES string of the molecule is CC1CCCN(Cc2ccc(NC(=O)CN(C)C3=NS(=O)(=O)c4ccccc43)cc2)C1. The van der Waals surface area contributed by atoms with Gasteiger partial charge in [-0.1, -0.05) is 31.2 Å². The number of nitrogens with zero attached hydrogens (tertiary/aromatic N) is 3.